The van der Waals surface area contributed by atoms with Gasteiger partial charge in [0.15, 0.2) is 0 Å². The second kappa shape index (κ2) is 11.5. The zero-order chi connectivity index (χ0) is 16.4. The summed E-state index contributed by atoms with van der Waals surface area (Å²) in [5.74, 6) is 3.05. The third-order valence-corrected chi connectivity index (χ3v) is 4.41. The number of hydrogen-bond acceptors (Lipinski definition) is 2. The Morgan fingerprint density at radius 2 is 1.14 bits per heavy atom. The molecule has 0 aliphatic heterocycles. The van der Waals surface area contributed by atoms with E-state index in [1.165, 1.54) is 25.9 Å². The van der Waals surface area contributed by atoms with Crippen LogP contribution < -0.4 is 5.32 Å². The fourth-order valence-corrected chi connectivity index (χ4v) is 2.50. The summed E-state index contributed by atoms with van der Waals surface area (Å²) in [7, 11) is 0. The summed E-state index contributed by atoms with van der Waals surface area (Å²) < 4.78 is 0. The van der Waals surface area contributed by atoms with Gasteiger partial charge in [-0.15, -0.1) is 0 Å². The summed E-state index contributed by atoms with van der Waals surface area (Å²) in [5, 5.41) is 3.62. The first-order valence-corrected chi connectivity index (χ1v) is 9.18. The molecule has 0 fully saturated rings. The Labute approximate surface area is 135 Å². The molecule has 2 atom stereocenters. The molecule has 2 nitrogen and oxygen atoms in total. The Kier molecular flexibility index (Phi) is 11.4. The van der Waals surface area contributed by atoms with E-state index < -0.39 is 0 Å². The van der Waals surface area contributed by atoms with Crippen LogP contribution in [0.3, 0.4) is 0 Å². The lowest BCUT2D eigenvalue weighted by molar-refractivity contribution is 0.144. The van der Waals surface area contributed by atoms with E-state index in [1.54, 1.807) is 0 Å². The van der Waals surface area contributed by atoms with Crippen LogP contribution in [0.5, 0.6) is 0 Å². The molecule has 21 heavy (non-hydrogen) atoms. The van der Waals surface area contributed by atoms with Gasteiger partial charge in [0.05, 0.1) is 0 Å². The molecule has 0 saturated carbocycles. The lowest BCUT2D eigenvalue weighted by atomic mass is 9.99. The van der Waals surface area contributed by atoms with Gasteiger partial charge in [-0.25, -0.2) is 0 Å². The maximum atomic E-state index is 3.62. The van der Waals surface area contributed by atoms with Gasteiger partial charge in [-0.2, -0.15) is 0 Å². The average molecular weight is 299 g/mol. The number of nitrogens with zero attached hydrogens (tertiary/aromatic N) is 1. The minimum absolute atomic E-state index is 0.669. The molecular formula is C19H42N2. The van der Waals surface area contributed by atoms with Crippen molar-refractivity contribution in [1.29, 1.82) is 0 Å². The minimum Gasteiger partial charge on any atom is -0.316 e. The first kappa shape index (κ1) is 20.9. The minimum atomic E-state index is 0.669. The highest BCUT2D eigenvalue weighted by Gasteiger charge is 2.20. The molecule has 0 heterocycles. The van der Waals surface area contributed by atoms with Crippen molar-refractivity contribution in [2.45, 2.75) is 74.3 Å². The first-order chi connectivity index (χ1) is 9.73. The molecule has 0 saturated heterocycles. The van der Waals surface area contributed by atoms with Crippen LogP contribution in [-0.4, -0.2) is 37.1 Å². The van der Waals surface area contributed by atoms with Gasteiger partial charge < -0.3 is 10.2 Å². The standard InChI is InChI=1S/C19H42N2/c1-15(2)9-11-21(12-10-16(3)4)19(8)18(7)14-20-13-17(5)6/h15-20H,9-14H2,1-8H3. The van der Waals surface area contributed by atoms with Crippen molar-refractivity contribution in [2.24, 2.45) is 23.7 Å². The summed E-state index contributed by atoms with van der Waals surface area (Å²) in [6, 6.07) is 0.669. The molecule has 1 N–H and O–H groups in total. The van der Waals surface area contributed by atoms with Crippen LogP contribution in [0.2, 0.25) is 0 Å². The Morgan fingerprint density at radius 3 is 1.52 bits per heavy atom. The second-order valence-corrected chi connectivity index (χ2v) is 8.17. The lowest BCUT2D eigenvalue weighted by Crippen LogP contribution is -2.43. The smallest absolute Gasteiger partial charge is 0.0105 e. The van der Waals surface area contributed by atoms with Crippen molar-refractivity contribution in [2.75, 3.05) is 26.2 Å². The van der Waals surface area contributed by atoms with Gasteiger partial charge in [-0.3, -0.25) is 0 Å². The SMILES string of the molecule is CC(C)CCN(CCC(C)C)C(C)C(C)CNCC(C)C. The van der Waals surface area contributed by atoms with E-state index in [1.807, 2.05) is 0 Å². The predicted octanol–water partition coefficient (Wildman–Crippen LogP) is 4.65. The quantitative estimate of drug-likeness (QED) is 0.564. The molecule has 128 valence electrons. The van der Waals surface area contributed by atoms with Crippen molar-refractivity contribution >= 4 is 0 Å². The van der Waals surface area contributed by atoms with Gasteiger partial charge in [0.2, 0.25) is 0 Å². The van der Waals surface area contributed by atoms with E-state index >= 15 is 0 Å². The zero-order valence-corrected chi connectivity index (χ0v) is 16.1. The van der Waals surface area contributed by atoms with Crippen molar-refractivity contribution in [3.63, 3.8) is 0 Å². The third-order valence-electron chi connectivity index (χ3n) is 4.41. The van der Waals surface area contributed by atoms with Gasteiger partial charge in [0.25, 0.3) is 0 Å². The molecule has 0 aliphatic carbocycles. The molecule has 0 aromatic heterocycles. The molecule has 2 heteroatoms. The number of nitrogens with one attached hydrogen (secondary N) is 1. The molecule has 0 amide bonds. The van der Waals surface area contributed by atoms with E-state index in [4.69, 9.17) is 0 Å². The van der Waals surface area contributed by atoms with Crippen LogP contribution in [-0.2, 0) is 0 Å². The molecule has 0 aromatic rings. The fourth-order valence-electron chi connectivity index (χ4n) is 2.50. The normalized spacial score (nSPS) is 15.4. The van der Waals surface area contributed by atoms with E-state index in [2.05, 4.69) is 65.6 Å². The maximum absolute atomic E-state index is 3.62. The highest BCUT2D eigenvalue weighted by molar-refractivity contribution is 4.75. The number of rotatable bonds is 12. The molecule has 0 spiro atoms. The van der Waals surface area contributed by atoms with Crippen molar-refractivity contribution in [3.8, 4) is 0 Å². The van der Waals surface area contributed by atoms with Gasteiger partial charge in [-0.05, 0) is 69.6 Å². The van der Waals surface area contributed by atoms with Crippen LogP contribution in [0.1, 0.15) is 68.2 Å². The Morgan fingerprint density at radius 1 is 0.667 bits per heavy atom. The van der Waals surface area contributed by atoms with Crippen molar-refractivity contribution < 1.29 is 0 Å². The lowest BCUT2D eigenvalue weighted by Gasteiger charge is -2.34. The zero-order valence-electron chi connectivity index (χ0n) is 16.1. The van der Waals surface area contributed by atoms with Crippen LogP contribution in [0, 0.1) is 23.7 Å². The molecule has 0 aromatic carbocycles. The summed E-state index contributed by atoms with van der Waals surface area (Å²) in [6.45, 7) is 23.5. The maximum Gasteiger partial charge on any atom is 0.0105 e. The molecule has 0 rings (SSSR count). The van der Waals surface area contributed by atoms with Gasteiger partial charge in [-0.1, -0.05) is 48.5 Å². The summed E-state index contributed by atoms with van der Waals surface area (Å²) in [6.07, 6.45) is 2.63. The first-order valence-electron chi connectivity index (χ1n) is 9.18. The van der Waals surface area contributed by atoms with Crippen LogP contribution in [0.4, 0.5) is 0 Å². The molecule has 0 bridgehead atoms. The second-order valence-electron chi connectivity index (χ2n) is 8.17. The fraction of sp³-hybridized carbons (Fsp3) is 1.00. The van der Waals surface area contributed by atoms with Gasteiger partial charge in [0.1, 0.15) is 0 Å². The Balaban J connectivity index is 4.34. The van der Waals surface area contributed by atoms with E-state index in [0.717, 1.165) is 30.8 Å². The highest BCUT2D eigenvalue weighted by atomic mass is 15.2. The Hall–Kier alpha value is -0.0800. The largest absolute Gasteiger partial charge is 0.316 e. The Bertz CT molecular complexity index is 224. The monoisotopic (exact) mass is 298 g/mol. The van der Waals surface area contributed by atoms with Crippen LogP contribution in [0.25, 0.3) is 0 Å². The summed E-state index contributed by atoms with van der Waals surface area (Å²) in [4.78, 5) is 2.72. The summed E-state index contributed by atoms with van der Waals surface area (Å²) in [5.41, 5.74) is 0. The van der Waals surface area contributed by atoms with E-state index in [0.29, 0.717) is 12.0 Å². The van der Waals surface area contributed by atoms with E-state index in [9.17, 15) is 0 Å². The van der Waals surface area contributed by atoms with Crippen molar-refractivity contribution in [3.05, 3.63) is 0 Å². The van der Waals surface area contributed by atoms with E-state index in [-0.39, 0.29) is 0 Å². The van der Waals surface area contributed by atoms with Crippen LogP contribution >= 0.6 is 0 Å². The molecule has 2 unspecified atom stereocenters. The van der Waals surface area contributed by atoms with Crippen LogP contribution in [0.15, 0.2) is 0 Å². The highest BCUT2D eigenvalue weighted by Crippen LogP contribution is 2.15. The topological polar surface area (TPSA) is 15.3 Å². The molecular weight excluding hydrogens is 256 g/mol. The van der Waals surface area contributed by atoms with Gasteiger partial charge >= 0.3 is 0 Å². The number of hydrogen-bond donors (Lipinski definition) is 1. The van der Waals surface area contributed by atoms with Gasteiger partial charge in [0, 0.05) is 6.04 Å². The van der Waals surface area contributed by atoms with Crippen molar-refractivity contribution in [1.82, 2.24) is 10.2 Å². The molecule has 0 aliphatic rings. The summed E-state index contributed by atoms with van der Waals surface area (Å²) >= 11 is 0. The average Bonchev–Trinajstić information content (AvgIpc) is 2.36. The molecule has 0 radical (unpaired) electrons. The predicted molar refractivity (Wildman–Crippen MR) is 96.8 cm³/mol. The third kappa shape index (κ3) is 11.2.